The summed E-state index contributed by atoms with van der Waals surface area (Å²) in [4.78, 5) is 16.4. The van der Waals surface area contributed by atoms with Gasteiger partial charge in [0.1, 0.15) is 0 Å². The molecule has 1 unspecified atom stereocenters. The normalized spacial score (nSPS) is 20.5. The van der Waals surface area contributed by atoms with Gasteiger partial charge in [0.25, 0.3) is 0 Å². The number of aromatic nitrogens is 1. The number of anilines is 2. The average molecular weight is 305 g/mol. The van der Waals surface area contributed by atoms with Crippen LogP contribution in [0.2, 0.25) is 0 Å². The Kier molecular flexibility index (Phi) is 3.29. The molecule has 7 heteroatoms. The van der Waals surface area contributed by atoms with E-state index in [1.807, 2.05) is 6.07 Å². The number of hydrogen-bond acceptors (Lipinski definition) is 5. The highest BCUT2D eigenvalue weighted by Gasteiger charge is 2.33. The molecule has 0 bridgehead atoms. The zero-order valence-electron chi connectivity index (χ0n) is 11.2. The van der Waals surface area contributed by atoms with Crippen LogP contribution in [0.15, 0.2) is 30.5 Å². The number of carbonyl (C=O) groups excluding carboxylic acids is 1. The first-order valence-corrected chi connectivity index (χ1v) is 8.43. The second kappa shape index (κ2) is 5.00. The van der Waals surface area contributed by atoms with Gasteiger partial charge in [0.05, 0.1) is 34.3 Å². The van der Waals surface area contributed by atoms with E-state index in [4.69, 9.17) is 5.73 Å². The van der Waals surface area contributed by atoms with Gasteiger partial charge in [-0.15, -0.1) is 0 Å². The fraction of sp³-hybridized carbons (Fsp3) is 0.286. The van der Waals surface area contributed by atoms with Crippen molar-refractivity contribution < 1.29 is 13.2 Å². The van der Waals surface area contributed by atoms with Gasteiger partial charge in [-0.3, -0.25) is 9.78 Å². The largest absolute Gasteiger partial charge is 0.397 e. The van der Waals surface area contributed by atoms with Crippen LogP contribution >= 0.6 is 0 Å². The summed E-state index contributed by atoms with van der Waals surface area (Å²) in [6, 6.07) is 6.97. The second-order valence-corrected chi connectivity index (χ2v) is 7.42. The van der Waals surface area contributed by atoms with Crippen LogP contribution in [0.25, 0.3) is 10.9 Å². The maximum Gasteiger partial charge on any atom is 0.228 e. The van der Waals surface area contributed by atoms with Crippen molar-refractivity contribution in [2.75, 3.05) is 22.6 Å². The van der Waals surface area contributed by atoms with Gasteiger partial charge in [0.2, 0.25) is 5.91 Å². The van der Waals surface area contributed by atoms with E-state index in [0.29, 0.717) is 23.3 Å². The minimum Gasteiger partial charge on any atom is -0.397 e. The van der Waals surface area contributed by atoms with Crippen LogP contribution in [0.4, 0.5) is 11.4 Å². The number of nitrogens with zero attached hydrogens (tertiary/aromatic N) is 1. The quantitative estimate of drug-likeness (QED) is 0.811. The number of fused-ring (bicyclic) bond motifs is 1. The molecule has 1 aromatic carbocycles. The molecule has 3 rings (SSSR count). The number of carbonyl (C=O) groups is 1. The monoisotopic (exact) mass is 305 g/mol. The van der Waals surface area contributed by atoms with E-state index in [9.17, 15) is 13.2 Å². The zero-order chi connectivity index (χ0) is 15.0. The molecule has 0 saturated carbocycles. The maximum atomic E-state index is 12.2. The molecule has 0 spiro atoms. The first kappa shape index (κ1) is 13.8. The van der Waals surface area contributed by atoms with Crippen molar-refractivity contribution in [1.82, 2.24) is 4.98 Å². The Morgan fingerprint density at radius 3 is 2.86 bits per heavy atom. The lowest BCUT2D eigenvalue weighted by molar-refractivity contribution is -0.119. The molecule has 1 fully saturated rings. The molecule has 1 amide bonds. The van der Waals surface area contributed by atoms with E-state index in [-0.39, 0.29) is 17.4 Å². The number of pyridine rings is 1. The summed E-state index contributed by atoms with van der Waals surface area (Å²) < 4.78 is 22.9. The van der Waals surface area contributed by atoms with Gasteiger partial charge >= 0.3 is 0 Å². The maximum absolute atomic E-state index is 12.2. The van der Waals surface area contributed by atoms with Gasteiger partial charge in [0.15, 0.2) is 9.84 Å². The number of nitrogens with one attached hydrogen (secondary N) is 1. The molecule has 0 radical (unpaired) electrons. The van der Waals surface area contributed by atoms with Crippen LogP contribution in [-0.4, -0.2) is 30.8 Å². The van der Waals surface area contributed by atoms with E-state index >= 15 is 0 Å². The number of amides is 1. The summed E-state index contributed by atoms with van der Waals surface area (Å²) in [6.45, 7) is 0. The smallest absolute Gasteiger partial charge is 0.228 e. The van der Waals surface area contributed by atoms with Crippen LogP contribution in [0.5, 0.6) is 0 Å². The van der Waals surface area contributed by atoms with E-state index in [1.54, 1.807) is 24.4 Å². The number of rotatable bonds is 2. The van der Waals surface area contributed by atoms with Crippen LogP contribution in [0.1, 0.15) is 6.42 Å². The van der Waals surface area contributed by atoms with E-state index in [0.717, 1.165) is 5.39 Å². The third-order valence-corrected chi connectivity index (χ3v) is 5.43. The highest BCUT2D eigenvalue weighted by Crippen LogP contribution is 2.28. The lowest BCUT2D eigenvalue weighted by atomic mass is 10.1. The minimum atomic E-state index is -3.08. The first-order chi connectivity index (χ1) is 9.96. The van der Waals surface area contributed by atoms with Crippen LogP contribution in [0.3, 0.4) is 0 Å². The third kappa shape index (κ3) is 2.69. The van der Waals surface area contributed by atoms with Gasteiger partial charge in [-0.1, -0.05) is 0 Å². The highest BCUT2D eigenvalue weighted by molar-refractivity contribution is 7.91. The summed E-state index contributed by atoms with van der Waals surface area (Å²) in [5.74, 6) is -0.760. The molecule has 6 nitrogen and oxygen atoms in total. The van der Waals surface area contributed by atoms with Crippen LogP contribution in [0, 0.1) is 5.92 Å². The van der Waals surface area contributed by atoms with Gasteiger partial charge in [-0.05, 0) is 30.7 Å². The fourth-order valence-electron chi connectivity index (χ4n) is 2.54. The fourth-order valence-corrected chi connectivity index (χ4v) is 4.28. The summed E-state index contributed by atoms with van der Waals surface area (Å²) in [7, 11) is -3.08. The van der Waals surface area contributed by atoms with Crippen molar-refractivity contribution in [3.8, 4) is 0 Å². The van der Waals surface area contributed by atoms with Gasteiger partial charge in [0, 0.05) is 11.6 Å². The molecule has 21 heavy (non-hydrogen) atoms. The van der Waals surface area contributed by atoms with Crippen LogP contribution < -0.4 is 11.1 Å². The van der Waals surface area contributed by atoms with Crippen molar-refractivity contribution >= 4 is 38.0 Å². The van der Waals surface area contributed by atoms with Crippen molar-refractivity contribution in [3.63, 3.8) is 0 Å². The second-order valence-electron chi connectivity index (χ2n) is 5.19. The van der Waals surface area contributed by atoms with E-state index < -0.39 is 15.8 Å². The Hall–Kier alpha value is -2.15. The molecule has 110 valence electrons. The lowest BCUT2D eigenvalue weighted by Crippen LogP contribution is -2.23. The predicted octanol–water partition coefficient (Wildman–Crippen LogP) is 1.19. The van der Waals surface area contributed by atoms with Gasteiger partial charge in [-0.2, -0.15) is 0 Å². The molecule has 1 aromatic heterocycles. The predicted molar refractivity (Wildman–Crippen MR) is 81.5 cm³/mol. The summed E-state index contributed by atoms with van der Waals surface area (Å²) >= 11 is 0. The Balaban J connectivity index is 1.89. The molecule has 1 aliphatic heterocycles. The Bertz CT molecular complexity index is 817. The number of sulfone groups is 1. The van der Waals surface area contributed by atoms with Crippen molar-refractivity contribution in [2.24, 2.45) is 5.92 Å². The first-order valence-electron chi connectivity index (χ1n) is 6.61. The molecule has 0 aliphatic carbocycles. The minimum absolute atomic E-state index is 0.0785. The molecule has 3 N–H and O–H groups in total. The third-order valence-electron chi connectivity index (χ3n) is 3.66. The molecular weight excluding hydrogens is 290 g/mol. The Morgan fingerprint density at radius 1 is 1.33 bits per heavy atom. The van der Waals surface area contributed by atoms with E-state index in [1.165, 1.54) is 0 Å². The van der Waals surface area contributed by atoms with Gasteiger partial charge < -0.3 is 11.1 Å². The van der Waals surface area contributed by atoms with Crippen molar-refractivity contribution in [1.29, 1.82) is 0 Å². The SMILES string of the molecule is Nc1ccc(NC(=O)C2CCS(=O)(=O)C2)c2cccnc12. The summed E-state index contributed by atoms with van der Waals surface area (Å²) in [5.41, 5.74) is 7.61. The van der Waals surface area contributed by atoms with Crippen molar-refractivity contribution in [3.05, 3.63) is 30.5 Å². The number of benzene rings is 1. The molecular formula is C14H15N3O3S. The average Bonchev–Trinajstić information content (AvgIpc) is 2.83. The number of nitrogen functional groups attached to an aromatic ring is 1. The number of nitrogens with two attached hydrogens (primary N) is 1. The summed E-state index contributed by atoms with van der Waals surface area (Å²) in [6.07, 6.45) is 2.01. The molecule has 1 aliphatic rings. The van der Waals surface area contributed by atoms with Gasteiger partial charge in [-0.25, -0.2) is 8.42 Å². The molecule has 2 aromatic rings. The lowest BCUT2D eigenvalue weighted by Gasteiger charge is -2.12. The summed E-state index contributed by atoms with van der Waals surface area (Å²) in [5, 5.41) is 3.54. The van der Waals surface area contributed by atoms with E-state index in [2.05, 4.69) is 10.3 Å². The Morgan fingerprint density at radius 2 is 2.14 bits per heavy atom. The molecule has 1 saturated heterocycles. The molecule has 2 heterocycles. The van der Waals surface area contributed by atoms with Crippen LogP contribution in [-0.2, 0) is 14.6 Å². The zero-order valence-corrected chi connectivity index (χ0v) is 12.1. The topological polar surface area (TPSA) is 102 Å². The molecule has 1 atom stereocenters. The standard InChI is InChI=1S/C14H15N3O3S/c15-11-3-4-12(10-2-1-6-16-13(10)11)17-14(18)9-5-7-21(19,20)8-9/h1-4,6,9H,5,7-8,15H2,(H,17,18). The highest BCUT2D eigenvalue weighted by atomic mass is 32.2. The van der Waals surface area contributed by atoms with Crippen molar-refractivity contribution in [2.45, 2.75) is 6.42 Å². The number of hydrogen-bond donors (Lipinski definition) is 2. The Labute approximate surface area is 122 Å².